The molecule has 1 saturated heterocycles. The largest absolute Gasteiger partial charge is 0.417 e. The highest BCUT2D eigenvalue weighted by Crippen LogP contribution is 2.33. The van der Waals surface area contributed by atoms with E-state index in [1.807, 2.05) is 6.92 Å². The number of halogens is 3. The molecular weight excluding hydrogens is 435 g/mol. The molecule has 2 aromatic heterocycles. The van der Waals surface area contributed by atoms with E-state index in [4.69, 9.17) is 0 Å². The summed E-state index contributed by atoms with van der Waals surface area (Å²) in [6.07, 6.45) is 2.57. The van der Waals surface area contributed by atoms with Crippen LogP contribution in [0.1, 0.15) is 44.6 Å². The number of aliphatic hydroxyl groups is 1. The van der Waals surface area contributed by atoms with Crippen molar-refractivity contribution in [2.75, 3.05) is 25.0 Å². The standard InChI is InChI=1S/C23H30F3N5O2/c1-2-20(32)14-3-5-17(6-4-14)31-12-16(13-31)30-21(33)11-29-22-18-9-15(23(24,25)26)10-28-19(18)7-8-27-22/h7-10,14,16-17,20,32H,2-6,11-13H2,1H3,(H,27,29)(H,30,33)/t14-,17-,20-/m0/s1. The summed E-state index contributed by atoms with van der Waals surface area (Å²) >= 11 is 0. The lowest BCUT2D eigenvalue weighted by atomic mass is 9.80. The Hall–Kier alpha value is -2.46. The van der Waals surface area contributed by atoms with E-state index in [0.29, 0.717) is 17.5 Å². The van der Waals surface area contributed by atoms with E-state index in [2.05, 4.69) is 25.5 Å². The van der Waals surface area contributed by atoms with Crippen LogP contribution in [-0.2, 0) is 11.0 Å². The molecule has 4 rings (SSSR count). The van der Waals surface area contributed by atoms with Crippen LogP contribution in [-0.4, -0.2) is 63.7 Å². The van der Waals surface area contributed by atoms with E-state index in [9.17, 15) is 23.1 Å². The zero-order valence-electron chi connectivity index (χ0n) is 18.6. The molecule has 2 aliphatic rings. The first kappa shape index (κ1) is 23.7. The second kappa shape index (κ2) is 9.80. The van der Waals surface area contributed by atoms with Crippen molar-refractivity contribution in [3.8, 4) is 0 Å². The van der Waals surface area contributed by atoms with Gasteiger partial charge < -0.3 is 15.7 Å². The maximum absolute atomic E-state index is 13.0. The number of alkyl halides is 3. The number of anilines is 1. The van der Waals surface area contributed by atoms with Crippen LogP contribution >= 0.6 is 0 Å². The summed E-state index contributed by atoms with van der Waals surface area (Å²) in [4.78, 5) is 22.7. The highest BCUT2D eigenvalue weighted by Gasteiger charge is 2.36. The van der Waals surface area contributed by atoms with Crippen LogP contribution in [0.15, 0.2) is 24.5 Å². The Bertz CT molecular complexity index is 972. The summed E-state index contributed by atoms with van der Waals surface area (Å²) in [6.45, 7) is 3.52. The Morgan fingerprint density at radius 1 is 1.24 bits per heavy atom. The summed E-state index contributed by atoms with van der Waals surface area (Å²) in [5, 5.41) is 16.1. The van der Waals surface area contributed by atoms with Gasteiger partial charge in [0.15, 0.2) is 0 Å². The van der Waals surface area contributed by atoms with Crippen LogP contribution in [0.25, 0.3) is 10.9 Å². The fourth-order valence-corrected chi connectivity index (χ4v) is 4.88. The fraction of sp³-hybridized carbons (Fsp3) is 0.609. The molecule has 0 bridgehead atoms. The normalized spacial score (nSPS) is 23.2. The molecule has 1 aliphatic carbocycles. The summed E-state index contributed by atoms with van der Waals surface area (Å²) < 4.78 is 39.1. The summed E-state index contributed by atoms with van der Waals surface area (Å²) in [7, 11) is 0. The molecule has 0 aromatic carbocycles. The molecular formula is C23H30F3N5O2. The third-order valence-corrected chi connectivity index (χ3v) is 6.85. The number of aliphatic hydroxyl groups excluding tert-OH is 1. The molecule has 0 unspecified atom stereocenters. The third-order valence-electron chi connectivity index (χ3n) is 6.85. The number of nitrogens with one attached hydrogen (secondary N) is 2. The van der Waals surface area contributed by atoms with Crippen molar-refractivity contribution < 1.29 is 23.1 Å². The Morgan fingerprint density at radius 3 is 2.64 bits per heavy atom. The maximum Gasteiger partial charge on any atom is 0.417 e. The van der Waals surface area contributed by atoms with Crippen LogP contribution in [0.4, 0.5) is 19.0 Å². The minimum Gasteiger partial charge on any atom is -0.393 e. The van der Waals surface area contributed by atoms with Crippen molar-refractivity contribution in [1.29, 1.82) is 0 Å². The van der Waals surface area contributed by atoms with Crippen LogP contribution < -0.4 is 10.6 Å². The summed E-state index contributed by atoms with van der Waals surface area (Å²) in [5.41, 5.74) is -0.486. The van der Waals surface area contributed by atoms with E-state index >= 15 is 0 Å². The van der Waals surface area contributed by atoms with Crippen molar-refractivity contribution in [1.82, 2.24) is 20.2 Å². The van der Waals surface area contributed by atoms with Gasteiger partial charge in [-0.3, -0.25) is 14.7 Å². The lowest BCUT2D eigenvalue weighted by Crippen LogP contribution is -2.63. The molecule has 180 valence electrons. The molecule has 1 amide bonds. The topological polar surface area (TPSA) is 90.4 Å². The van der Waals surface area contributed by atoms with Crippen molar-refractivity contribution in [2.24, 2.45) is 5.92 Å². The van der Waals surface area contributed by atoms with Gasteiger partial charge in [-0.15, -0.1) is 0 Å². The summed E-state index contributed by atoms with van der Waals surface area (Å²) in [5.74, 6) is 0.370. The zero-order chi connectivity index (χ0) is 23.6. The number of hydrogen-bond donors (Lipinski definition) is 3. The molecule has 3 N–H and O–H groups in total. The third kappa shape index (κ3) is 5.55. The average Bonchev–Trinajstić information content (AvgIpc) is 2.78. The molecule has 1 saturated carbocycles. The van der Waals surface area contributed by atoms with E-state index in [0.717, 1.165) is 57.5 Å². The number of aromatic nitrogens is 2. The molecule has 0 radical (unpaired) electrons. The molecule has 2 fully saturated rings. The van der Waals surface area contributed by atoms with Gasteiger partial charge in [0.1, 0.15) is 5.82 Å². The first-order valence-corrected chi connectivity index (χ1v) is 11.5. The molecule has 2 aromatic rings. The van der Waals surface area contributed by atoms with E-state index in [1.54, 1.807) is 0 Å². The lowest BCUT2D eigenvalue weighted by Gasteiger charge is -2.47. The van der Waals surface area contributed by atoms with Crippen molar-refractivity contribution >= 4 is 22.6 Å². The molecule has 0 spiro atoms. The molecule has 1 atom stereocenters. The van der Waals surface area contributed by atoms with Gasteiger partial charge in [-0.05, 0) is 50.2 Å². The Kier molecular flexibility index (Phi) is 7.04. The second-order valence-electron chi connectivity index (χ2n) is 9.06. The lowest BCUT2D eigenvalue weighted by molar-refractivity contribution is -0.137. The quantitative estimate of drug-likeness (QED) is 0.582. The molecule has 1 aliphatic heterocycles. The number of carbonyl (C=O) groups is 1. The van der Waals surface area contributed by atoms with Crippen molar-refractivity contribution in [3.05, 3.63) is 30.1 Å². The van der Waals surface area contributed by atoms with Crippen LogP contribution in [0.5, 0.6) is 0 Å². The predicted molar refractivity (Wildman–Crippen MR) is 119 cm³/mol. The number of rotatable bonds is 7. The van der Waals surface area contributed by atoms with Gasteiger partial charge >= 0.3 is 6.18 Å². The van der Waals surface area contributed by atoms with Gasteiger partial charge in [0.05, 0.1) is 29.8 Å². The molecule has 10 heteroatoms. The number of pyridine rings is 2. The fourth-order valence-electron chi connectivity index (χ4n) is 4.88. The SMILES string of the molecule is CC[C@H](O)[C@H]1CC[C@H](N2CC(NC(=O)CNc3nccc4ncc(C(F)(F)F)cc34)C2)CC1. The number of fused-ring (bicyclic) bond motifs is 1. The maximum atomic E-state index is 13.0. The Morgan fingerprint density at radius 2 is 1.97 bits per heavy atom. The number of carbonyl (C=O) groups excluding carboxylic acids is 1. The second-order valence-corrected chi connectivity index (χ2v) is 9.06. The van der Waals surface area contributed by atoms with Crippen LogP contribution in [0, 0.1) is 5.92 Å². The predicted octanol–water partition coefficient (Wildman–Crippen LogP) is 3.19. The average molecular weight is 466 g/mol. The number of nitrogens with zero attached hydrogens (tertiary/aromatic N) is 3. The number of likely N-dealkylation sites (tertiary alicyclic amines) is 1. The van der Waals surface area contributed by atoms with Crippen LogP contribution in [0.2, 0.25) is 0 Å². The minimum atomic E-state index is -4.50. The van der Waals surface area contributed by atoms with Crippen molar-refractivity contribution in [2.45, 2.75) is 63.4 Å². The van der Waals surface area contributed by atoms with Crippen molar-refractivity contribution in [3.63, 3.8) is 0 Å². The molecule has 3 heterocycles. The van der Waals surface area contributed by atoms with E-state index in [1.165, 1.54) is 12.3 Å². The summed E-state index contributed by atoms with van der Waals surface area (Å²) in [6, 6.07) is 3.09. The minimum absolute atomic E-state index is 0.0669. The van der Waals surface area contributed by atoms with Gasteiger partial charge in [-0.25, -0.2) is 4.98 Å². The Labute approximate surface area is 190 Å². The van der Waals surface area contributed by atoms with Gasteiger partial charge in [0, 0.05) is 36.9 Å². The molecule has 33 heavy (non-hydrogen) atoms. The molecule has 7 nitrogen and oxygen atoms in total. The van der Waals surface area contributed by atoms with Gasteiger partial charge in [-0.2, -0.15) is 13.2 Å². The van der Waals surface area contributed by atoms with Gasteiger partial charge in [-0.1, -0.05) is 6.92 Å². The van der Waals surface area contributed by atoms with Crippen LogP contribution in [0.3, 0.4) is 0 Å². The highest BCUT2D eigenvalue weighted by atomic mass is 19.4. The first-order valence-electron chi connectivity index (χ1n) is 11.5. The van der Waals surface area contributed by atoms with Gasteiger partial charge in [0.2, 0.25) is 5.91 Å². The number of amides is 1. The van der Waals surface area contributed by atoms with E-state index < -0.39 is 11.7 Å². The number of hydrogen-bond acceptors (Lipinski definition) is 6. The zero-order valence-corrected chi connectivity index (χ0v) is 18.6. The van der Waals surface area contributed by atoms with E-state index in [-0.39, 0.29) is 35.8 Å². The Balaban J connectivity index is 1.24. The van der Waals surface area contributed by atoms with Gasteiger partial charge in [0.25, 0.3) is 0 Å². The highest BCUT2D eigenvalue weighted by molar-refractivity contribution is 5.91. The smallest absolute Gasteiger partial charge is 0.393 e. The first-order chi connectivity index (χ1) is 15.7. The monoisotopic (exact) mass is 465 g/mol.